The van der Waals surface area contributed by atoms with Crippen molar-refractivity contribution in [3.63, 3.8) is 0 Å². The van der Waals surface area contributed by atoms with Crippen LogP contribution in [0.2, 0.25) is 0 Å². The van der Waals surface area contributed by atoms with Gasteiger partial charge in [-0.1, -0.05) is 30.0 Å². The highest BCUT2D eigenvalue weighted by Gasteiger charge is 1.91. The molecule has 0 saturated heterocycles. The Hall–Kier alpha value is -1.72. The predicted molar refractivity (Wildman–Crippen MR) is 65.8 cm³/mol. The molecule has 16 heavy (non-hydrogen) atoms. The Balaban J connectivity index is 2.18. The maximum atomic E-state index is 12.2. The van der Waals surface area contributed by atoms with Crippen molar-refractivity contribution in [2.24, 2.45) is 0 Å². The largest absolute Gasteiger partial charge is 0.160 e. The molecule has 0 fully saturated rings. The molecule has 0 amide bonds. The molecule has 0 aromatic heterocycles. The first-order valence-corrected chi connectivity index (χ1v) is 5.56. The topological polar surface area (TPSA) is 0 Å². The molecule has 0 aliphatic rings. The molecule has 2 aromatic carbocycles. The smallest absolute Gasteiger partial charge is 0.0812 e. The molecule has 2 aromatic rings. The van der Waals surface area contributed by atoms with Gasteiger partial charge >= 0.3 is 0 Å². The minimum absolute atomic E-state index is 0.244. The molecule has 2 rings (SSSR count). The van der Waals surface area contributed by atoms with E-state index < -0.39 is 0 Å². The zero-order valence-corrected chi connectivity index (χ0v) is 9.30. The lowest BCUT2D eigenvalue weighted by Gasteiger charge is -1.92. The molecule has 0 heterocycles. The quantitative estimate of drug-likeness (QED) is 0.663. The first kappa shape index (κ1) is 10.8. The molecule has 0 spiro atoms. The van der Waals surface area contributed by atoms with E-state index in [2.05, 4.69) is 11.8 Å². The Morgan fingerprint density at radius 2 is 1.31 bits per heavy atom. The standard InChI is InChI=1S/C14H9FS/c15-16-14-10-8-13(9-11-14)7-6-12-4-2-1-3-5-12/h1-5,8-11H. The van der Waals surface area contributed by atoms with E-state index in [4.69, 9.17) is 0 Å². The molecule has 2 heteroatoms. The highest BCUT2D eigenvalue weighted by atomic mass is 32.2. The van der Waals surface area contributed by atoms with Crippen LogP contribution in [0.4, 0.5) is 3.89 Å². The Labute approximate surface area is 98.8 Å². The highest BCUT2D eigenvalue weighted by Crippen LogP contribution is 2.18. The van der Waals surface area contributed by atoms with E-state index in [1.807, 2.05) is 42.5 Å². The SMILES string of the molecule is FSc1ccc(C#Cc2ccccc2)cc1. The van der Waals surface area contributed by atoms with Crippen LogP contribution in [0.25, 0.3) is 0 Å². The molecule has 0 N–H and O–H groups in total. The van der Waals surface area contributed by atoms with Crippen molar-refractivity contribution in [3.05, 3.63) is 65.7 Å². The molecular weight excluding hydrogens is 219 g/mol. The average Bonchev–Trinajstić information content (AvgIpc) is 2.38. The summed E-state index contributed by atoms with van der Waals surface area (Å²) in [6.45, 7) is 0. The number of halogens is 1. The Morgan fingerprint density at radius 1 is 0.750 bits per heavy atom. The van der Waals surface area contributed by atoms with E-state index in [1.165, 1.54) is 0 Å². The van der Waals surface area contributed by atoms with E-state index >= 15 is 0 Å². The molecule has 0 aliphatic carbocycles. The van der Waals surface area contributed by atoms with Crippen LogP contribution in [-0.4, -0.2) is 0 Å². The van der Waals surface area contributed by atoms with Gasteiger partial charge in [0.1, 0.15) is 0 Å². The van der Waals surface area contributed by atoms with Gasteiger partial charge in [-0.2, -0.15) is 3.89 Å². The minimum Gasteiger partial charge on any atom is -0.160 e. The average molecular weight is 228 g/mol. The lowest BCUT2D eigenvalue weighted by molar-refractivity contribution is 0.934. The van der Waals surface area contributed by atoms with Crippen molar-refractivity contribution < 1.29 is 3.89 Å². The van der Waals surface area contributed by atoms with Crippen LogP contribution < -0.4 is 0 Å². The second-order valence-corrected chi connectivity index (χ2v) is 3.84. The van der Waals surface area contributed by atoms with Crippen molar-refractivity contribution in [3.8, 4) is 11.8 Å². The van der Waals surface area contributed by atoms with Crippen molar-refractivity contribution in [1.82, 2.24) is 0 Å². The summed E-state index contributed by atoms with van der Waals surface area (Å²) in [6.07, 6.45) is 0. The second-order valence-electron chi connectivity index (χ2n) is 3.22. The molecule has 0 radical (unpaired) electrons. The van der Waals surface area contributed by atoms with Gasteiger partial charge in [-0.3, -0.25) is 0 Å². The predicted octanol–water partition coefficient (Wildman–Crippen LogP) is 4.06. The summed E-state index contributed by atoms with van der Waals surface area (Å²) in [7, 11) is 0. The van der Waals surface area contributed by atoms with Crippen LogP contribution in [0.15, 0.2) is 59.5 Å². The number of benzene rings is 2. The molecule has 0 nitrogen and oxygen atoms in total. The van der Waals surface area contributed by atoms with Crippen LogP contribution >= 0.6 is 12.1 Å². The monoisotopic (exact) mass is 228 g/mol. The van der Waals surface area contributed by atoms with Crippen molar-refractivity contribution in [1.29, 1.82) is 0 Å². The summed E-state index contributed by atoms with van der Waals surface area (Å²) in [4.78, 5) is 0.602. The number of hydrogen-bond acceptors (Lipinski definition) is 1. The Bertz CT molecular complexity index is 506. The van der Waals surface area contributed by atoms with Gasteiger partial charge in [0.15, 0.2) is 0 Å². The van der Waals surface area contributed by atoms with Crippen molar-refractivity contribution >= 4 is 12.1 Å². The summed E-state index contributed by atoms with van der Waals surface area (Å²) >= 11 is 0.244. The fraction of sp³-hybridized carbons (Fsp3) is 0. The van der Waals surface area contributed by atoms with Gasteiger partial charge < -0.3 is 0 Å². The maximum Gasteiger partial charge on any atom is 0.0812 e. The number of hydrogen-bond donors (Lipinski definition) is 0. The fourth-order valence-electron chi connectivity index (χ4n) is 1.26. The van der Waals surface area contributed by atoms with Gasteiger partial charge in [-0.25, -0.2) is 0 Å². The van der Waals surface area contributed by atoms with Gasteiger partial charge in [-0.05, 0) is 36.4 Å². The zero-order valence-electron chi connectivity index (χ0n) is 8.48. The van der Waals surface area contributed by atoms with Gasteiger partial charge in [0.05, 0.1) is 12.1 Å². The molecular formula is C14H9FS. The Kier molecular flexibility index (Phi) is 3.63. The summed E-state index contributed by atoms with van der Waals surface area (Å²) < 4.78 is 12.2. The Morgan fingerprint density at radius 3 is 1.88 bits per heavy atom. The third-order valence-corrected chi connectivity index (χ3v) is 2.52. The van der Waals surface area contributed by atoms with E-state index in [-0.39, 0.29) is 12.1 Å². The third kappa shape index (κ3) is 2.88. The summed E-state index contributed by atoms with van der Waals surface area (Å²) in [5.74, 6) is 6.08. The lowest BCUT2D eigenvalue weighted by atomic mass is 10.2. The molecule has 0 bridgehead atoms. The van der Waals surface area contributed by atoms with Crippen molar-refractivity contribution in [2.75, 3.05) is 0 Å². The molecule has 0 saturated carbocycles. The highest BCUT2D eigenvalue weighted by molar-refractivity contribution is 7.94. The summed E-state index contributed by atoms with van der Waals surface area (Å²) in [6, 6.07) is 16.9. The van der Waals surface area contributed by atoms with Gasteiger partial charge in [-0.15, -0.1) is 0 Å². The van der Waals surface area contributed by atoms with Crippen LogP contribution in [0.5, 0.6) is 0 Å². The lowest BCUT2D eigenvalue weighted by Crippen LogP contribution is -1.75. The first-order chi connectivity index (χ1) is 7.88. The fourth-order valence-corrected chi connectivity index (χ4v) is 1.49. The van der Waals surface area contributed by atoms with Crippen LogP contribution in [0.3, 0.4) is 0 Å². The molecule has 0 atom stereocenters. The molecule has 0 aliphatic heterocycles. The third-order valence-electron chi connectivity index (χ3n) is 2.07. The van der Waals surface area contributed by atoms with E-state index in [0.717, 1.165) is 11.1 Å². The summed E-state index contributed by atoms with van der Waals surface area (Å²) in [5, 5.41) is 0. The zero-order chi connectivity index (χ0) is 11.2. The van der Waals surface area contributed by atoms with Crippen LogP contribution in [0, 0.1) is 11.8 Å². The second kappa shape index (κ2) is 5.39. The molecule has 0 unspecified atom stereocenters. The van der Waals surface area contributed by atoms with E-state index in [1.54, 1.807) is 12.1 Å². The van der Waals surface area contributed by atoms with Gasteiger partial charge in [0, 0.05) is 16.0 Å². The van der Waals surface area contributed by atoms with Crippen LogP contribution in [-0.2, 0) is 0 Å². The van der Waals surface area contributed by atoms with Crippen molar-refractivity contribution in [2.45, 2.75) is 4.90 Å². The maximum absolute atomic E-state index is 12.2. The van der Waals surface area contributed by atoms with E-state index in [0.29, 0.717) is 4.90 Å². The summed E-state index contributed by atoms with van der Waals surface area (Å²) in [5.41, 5.74) is 1.87. The van der Waals surface area contributed by atoms with Gasteiger partial charge in [0.25, 0.3) is 0 Å². The van der Waals surface area contributed by atoms with Crippen LogP contribution in [0.1, 0.15) is 11.1 Å². The first-order valence-electron chi connectivity index (χ1n) is 4.84. The minimum atomic E-state index is 0.244. The van der Waals surface area contributed by atoms with Gasteiger partial charge in [0.2, 0.25) is 0 Å². The molecule has 78 valence electrons. The number of rotatable bonds is 1. The normalized spacial score (nSPS) is 9.31. The van der Waals surface area contributed by atoms with E-state index in [9.17, 15) is 3.89 Å².